The highest BCUT2D eigenvalue weighted by atomic mass is 32.2. The molecule has 0 fully saturated rings. The molecule has 0 amide bonds. The third-order valence-electron chi connectivity index (χ3n) is 2.89. The standard InChI is InChI=1S/C13H11N5O2S/c14-13-16-6-10(7-17-13)21(19,20)18-12-3-1-2-9-4-5-15-8-11(9)12/h1-8,18H,(H2,14,16,17). The van der Waals surface area contributed by atoms with Crippen LogP contribution in [0.4, 0.5) is 11.6 Å². The van der Waals surface area contributed by atoms with Crippen molar-refractivity contribution in [1.82, 2.24) is 15.0 Å². The van der Waals surface area contributed by atoms with E-state index in [2.05, 4.69) is 19.7 Å². The highest BCUT2D eigenvalue weighted by Gasteiger charge is 2.16. The Balaban J connectivity index is 2.03. The number of aromatic nitrogens is 3. The first kappa shape index (κ1) is 13.3. The normalized spacial score (nSPS) is 11.4. The van der Waals surface area contributed by atoms with Crippen molar-refractivity contribution in [2.75, 3.05) is 10.5 Å². The van der Waals surface area contributed by atoms with Crippen LogP contribution in [0.2, 0.25) is 0 Å². The topological polar surface area (TPSA) is 111 Å². The summed E-state index contributed by atoms with van der Waals surface area (Å²) in [6.45, 7) is 0. The van der Waals surface area contributed by atoms with Gasteiger partial charge < -0.3 is 5.73 Å². The number of nitrogens with zero attached hydrogens (tertiary/aromatic N) is 3. The minimum atomic E-state index is -3.78. The zero-order chi connectivity index (χ0) is 14.9. The maximum Gasteiger partial charge on any atom is 0.264 e. The number of sulfonamides is 1. The molecule has 106 valence electrons. The Hall–Kier alpha value is -2.74. The van der Waals surface area contributed by atoms with Gasteiger partial charge in [0.15, 0.2) is 0 Å². The van der Waals surface area contributed by atoms with Crippen molar-refractivity contribution in [2.45, 2.75) is 4.90 Å². The van der Waals surface area contributed by atoms with Crippen LogP contribution in [0.25, 0.3) is 10.8 Å². The molecule has 0 saturated heterocycles. The minimum absolute atomic E-state index is 0.0170. The smallest absolute Gasteiger partial charge is 0.264 e. The predicted molar refractivity (Wildman–Crippen MR) is 79.0 cm³/mol. The van der Waals surface area contributed by atoms with Crippen LogP contribution in [0, 0.1) is 0 Å². The second-order valence-corrected chi connectivity index (χ2v) is 5.97. The van der Waals surface area contributed by atoms with Crippen LogP contribution in [-0.4, -0.2) is 23.4 Å². The molecule has 0 aliphatic carbocycles. The van der Waals surface area contributed by atoms with Crippen LogP contribution < -0.4 is 10.5 Å². The molecule has 0 atom stereocenters. The van der Waals surface area contributed by atoms with Gasteiger partial charge in [0, 0.05) is 17.8 Å². The number of benzene rings is 1. The Morgan fingerprint density at radius 1 is 1.05 bits per heavy atom. The highest BCUT2D eigenvalue weighted by molar-refractivity contribution is 7.92. The third kappa shape index (κ3) is 2.61. The molecule has 21 heavy (non-hydrogen) atoms. The lowest BCUT2D eigenvalue weighted by Gasteiger charge is -2.10. The lowest BCUT2D eigenvalue weighted by molar-refractivity contribution is 0.600. The van der Waals surface area contributed by atoms with Crippen molar-refractivity contribution in [1.29, 1.82) is 0 Å². The van der Waals surface area contributed by atoms with E-state index in [1.807, 2.05) is 6.07 Å². The van der Waals surface area contributed by atoms with E-state index >= 15 is 0 Å². The number of hydrogen-bond acceptors (Lipinski definition) is 6. The monoisotopic (exact) mass is 301 g/mol. The number of nitrogens with one attached hydrogen (secondary N) is 1. The molecule has 0 aliphatic rings. The van der Waals surface area contributed by atoms with Gasteiger partial charge in [-0.2, -0.15) is 0 Å². The van der Waals surface area contributed by atoms with Gasteiger partial charge in [-0.3, -0.25) is 9.71 Å². The lowest BCUT2D eigenvalue weighted by Crippen LogP contribution is -2.14. The maximum atomic E-state index is 12.3. The molecule has 3 aromatic rings. The fraction of sp³-hybridized carbons (Fsp3) is 0. The lowest BCUT2D eigenvalue weighted by atomic mass is 10.1. The van der Waals surface area contributed by atoms with Gasteiger partial charge in [-0.05, 0) is 17.5 Å². The van der Waals surface area contributed by atoms with Crippen molar-refractivity contribution >= 4 is 32.4 Å². The van der Waals surface area contributed by atoms with E-state index in [0.717, 1.165) is 17.8 Å². The van der Waals surface area contributed by atoms with Crippen LogP contribution >= 0.6 is 0 Å². The summed E-state index contributed by atoms with van der Waals surface area (Å²) in [6, 6.07) is 7.11. The zero-order valence-electron chi connectivity index (χ0n) is 10.8. The molecule has 7 nitrogen and oxygen atoms in total. The largest absolute Gasteiger partial charge is 0.368 e. The Bertz CT molecular complexity index is 889. The predicted octanol–water partition coefficient (Wildman–Crippen LogP) is 1.41. The summed E-state index contributed by atoms with van der Waals surface area (Å²) in [6.07, 6.45) is 5.57. The molecule has 0 spiro atoms. The number of nitrogens with two attached hydrogens (primary N) is 1. The van der Waals surface area contributed by atoms with E-state index in [1.54, 1.807) is 30.6 Å². The fourth-order valence-corrected chi connectivity index (χ4v) is 2.84. The Labute approximate surface area is 120 Å². The Morgan fingerprint density at radius 3 is 2.57 bits per heavy atom. The minimum Gasteiger partial charge on any atom is -0.368 e. The fourth-order valence-electron chi connectivity index (χ4n) is 1.87. The van der Waals surface area contributed by atoms with E-state index in [9.17, 15) is 8.42 Å². The van der Waals surface area contributed by atoms with Crippen LogP contribution in [0.15, 0.2) is 53.9 Å². The van der Waals surface area contributed by atoms with Gasteiger partial charge in [0.2, 0.25) is 5.95 Å². The van der Waals surface area contributed by atoms with Gasteiger partial charge in [-0.15, -0.1) is 0 Å². The van der Waals surface area contributed by atoms with Gasteiger partial charge in [-0.25, -0.2) is 18.4 Å². The van der Waals surface area contributed by atoms with E-state index in [1.165, 1.54) is 0 Å². The van der Waals surface area contributed by atoms with Crippen molar-refractivity contribution in [2.24, 2.45) is 0 Å². The van der Waals surface area contributed by atoms with E-state index < -0.39 is 10.0 Å². The molecule has 0 radical (unpaired) electrons. The molecule has 0 saturated carbocycles. The van der Waals surface area contributed by atoms with Gasteiger partial charge in [0.1, 0.15) is 4.90 Å². The van der Waals surface area contributed by atoms with E-state index in [4.69, 9.17) is 5.73 Å². The first-order valence-corrected chi connectivity index (χ1v) is 7.48. The molecular formula is C13H11N5O2S. The van der Waals surface area contributed by atoms with Crippen molar-refractivity contribution in [3.63, 3.8) is 0 Å². The van der Waals surface area contributed by atoms with Gasteiger partial charge in [0.25, 0.3) is 10.0 Å². The Kier molecular flexibility index (Phi) is 3.15. The number of pyridine rings is 1. The van der Waals surface area contributed by atoms with Gasteiger partial charge >= 0.3 is 0 Å². The summed E-state index contributed by atoms with van der Waals surface area (Å²) in [7, 11) is -3.78. The average Bonchev–Trinajstić information content (AvgIpc) is 2.48. The first-order valence-electron chi connectivity index (χ1n) is 5.99. The number of nitrogen functional groups attached to an aromatic ring is 1. The second kappa shape index (κ2) is 4.98. The van der Waals surface area contributed by atoms with Gasteiger partial charge in [0.05, 0.1) is 18.1 Å². The zero-order valence-corrected chi connectivity index (χ0v) is 11.6. The van der Waals surface area contributed by atoms with Crippen LogP contribution in [0.1, 0.15) is 0 Å². The van der Waals surface area contributed by atoms with Crippen LogP contribution in [-0.2, 0) is 10.0 Å². The first-order chi connectivity index (χ1) is 10.1. The van der Waals surface area contributed by atoms with Crippen LogP contribution in [0.5, 0.6) is 0 Å². The second-order valence-electron chi connectivity index (χ2n) is 4.28. The summed E-state index contributed by atoms with van der Waals surface area (Å²) < 4.78 is 27.1. The highest BCUT2D eigenvalue weighted by Crippen LogP contribution is 2.24. The number of hydrogen-bond donors (Lipinski definition) is 2. The van der Waals surface area contributed by atoms with Crippen LogP contribution in [0.3, 0.4) is 0 Å². The summed E-state index contributed by atoms with van der Waals surface area (Å²) in [5.41, 5.74) is 5.79. The average molecular weight is 301 g/mol. The summed E-state index contributed by atoms with van der Waals surface area (Å²) in [5.74, 6) is 0.0170. The Morgan fingerprint density at radius 2 is 1.81 bits per heavy atom. The number of anilines is 2. The molecule has 0 unspecified atom stereocenters. The van der Waals surface area contributed by atoms with Crippen molar-refractivity contribution in [3.8, 4) is 0 Å². The molecule has 1 aromatic carbocycles. The number of fused-ring (bicyclic) bond motifs is 1. The quantitative estimate of drug-likeness (QED) is 0.756. The summed E-state index contributed by atoms with van der Waals surface area (Å²) in [5, 5.41) is 1.60. The molecule has 8 heteroatoms. The maximum absolute atomic E-state index is 12.3. The molecule has 3 N–H and O–H groups in total. The molecule has 0 bridgehead atoms. The SMILES string of the molecule is Nc1ncc(S(=O)(=O)Nc2cccc3ccncc23)cn1. The molecule has 3 rings (SSSR count). The van der Waals surface area contributed by atoms with Crippen molar-refractivity contribution < 1.29 is 8.42 Å². The van der Waals surface area contributed by atoms with E-state index in [0.29, 0.717) is 11.1 Å². The molecule has 0 aliphatic heterocycles. The van der Waals surface area contributed by atoms with Gasteiger partial charge in [-0.1, -0.05) is 12.1 Å². The molecular weight excluding hydrogens is 290 g/mol. The van der Waals surface area contributed by atoms with Crippen molar-refractivity contribution in [3.05, 3.63) is 49.1 Å². The molecule has 2 heterocycles. The summed E-state index contributed by atoms with van der Waals surface area (Å²) >= 11 is 0. The molecule has 2 aromatic heterocycles. The third-order valence-corrected chi connectivity index (χ3v) is 4.21. The van der Waals surface area contributed by atoms with E-state index in [-0.39, 0.29) is 10.8 Å². The number of rotatable bonds is 3. The summed E-state index contributed by atoms with van der Waals surface area (Å²) in [4.78, 5) is 11.3.